The smallest absolute Gasteiger partial charge is 0.234 e. The number of nitrogens with one attached hydrogen (secondary N) is 1. The zero-order valence-corrected chi connectivity index (χ0v) is 15.5. The number of hydrogen-bond acceptors (Lipinski definition) is 4. The van der Waals surface area contributed by atoms with Crippen molar-refractivity contribution in [1.82, 2.24) is 10.2 Å². The Morgan fingerprint density at radius 2 is 1.92 bits per heavy atom. The average Bonchev–Trinajstić information content (AvgIpc) is 2.82. The second-order valence-electron chi connectivity index (χ2n) is 6.59. The minimum Gasteiger partial charge on any atom is -0.492 e. The van der Waals surface area contributed by atoms with E-state index in [0.717, 1.165) is 41.3 Å². The summed E-state index contributed by atoms with van der Waals surface area (Å²) < 4.78 is 11.6. The monoisotopic (exact) mass is 354 g/mol. The maximum Gasteiger partial charge on any atom is 0.234 e. The second-order valence-corrected chi connectivity index (χ2v) is 6.59. The molecule has 0 aromatic heterocycles. The number of hydrogen-bond donors (Lipinski definition) is 1. The maximum absolute atomic E-state index is 12.2. The van der Waals surface area contributed by atoms with Crippen LogP contribution in [0.4, 0.5) is 0 Å². The Morgan fingerprint density at radius 1 is 1.15 bits per heavy atom. The highest BCUT2D eigenvalue weighted by atomic mass is 16.5. The lowest BCUT2D eigenvalue weighted by Gasteiger charge is -2.19. The maximum atomic E-state index is 12.2. The van der Waals surface area contributed by atoms with Gasteiger partial charge in [-0.25, -0.2) is 0 Å². The Labute approximate surface area is 154 Å². The van der Waals surface area contributed by atoms with Gasteiger partial charge >= 0.3 is 0 Å². The first-order valence-corrected chi connectivity index (χ1v) is 9.02. The molecule has 2 aromatic rings. The fraction of sp³-hybridized carbons (Fsp3) is 0.381. The van der Waals surface area contributed by atoms with Crippen molar-refractivity contribution in [3.8, 4) is 11.5 Å². The molecule has 0 saturated carbocycles. The number of aryl methyl sites for hydroxylation is 2. The molecule has 1 aliphatic heterocycles. The third-order valence-electron chi connectivity index (χ3n) is 4.48. The standard InChI is InChI=1S/C21H26N2O3/c1-16-6-5-7-17(2)21(16)26-12-10-22-20(24)15-23-11-13-25-19-9-4-3-8-18(19)14-23/h3-9H,10-15H2,1-2H3,(H,22,24). The number of amides is 1. The van der Waals surface area contributed by atoms with Gasteiger partial charge in [0.05, 0.1) is 13.1 Å². The van der Waals surface area contributed by atoms with Crippen LogP contribution in [0.5, 0.6) is 11.5 Å². The molecule has 5 heteroatoms. The normalized spacial score (nSPS) is 14.1. The minimum absolute atomic E-state index is 0.00878. The molecule has 2 aromatic carbocycles. The molecule has 1 heterocycles. The predicted octanol–water partition coefficient (Wildman–Crippen LogP) is 2.69. The van der Waals surface area contributed by atoms with E-state index in [0.29, 0.717) is 26.3 Å². The summed E-state index contributed by atoms with van der Waals surface area (Å²) in [6.45, 7) is 7.43. The number of carbonyl (C=O) groups excluding carboxylic acids is 1. The van der Waals surface area contributed by atoms with Gasteiger partial charge in [-0.05, 0) is 31.0 Å². The summed E-state index contributed by atoms with van der Waals surface area (Å²) in [6.07, 6.45) is 0. The van der Waals surface area contributed by atoms with Gasteiger partial charge in [0.2, 0.25) is 5.91 Å². The van der Waals surface area contributed by atoms with Gasteiger partial charge in [0.25, 0.3) is 0 Å². The summed E-state index contributed by atoms with van der Waals surface area (Å²) in [4.78, 5) is 14.3. The van der Waals surface area contributed by atoms with Crippen LogP contribution in [0.1, 0.15) is 16.7 Å². The van der Waals surface area contributed by atoms with Gasteiger partial charge in [-0.2, -0.15) is 0 Å². The van der Waals surface area contributed by atoms with Crippen LogP contribution in [0.3, 0.4) is 0 Å². The fourth-order valence-electron chi connectivity index (χ4n) is 3.14. The number of rotatable bonds is 6. The second kappa shape index (κ2) is 8.72. The third kappa shape index (κ3) is 4.76. The molecule has 0 spiro atoms. The van der Waals surface area contributed by atoms with Gasteiger partial charge in [-0.3, -0.25) is 9.69 Å². The van der Waals surface area contributed by atoms with E-state index < -0.39 is 0 Å². The zero-order valence-electron chi connectivity index (χ0n) is 15.5. The molecule has 1 aliphatic rings. The first kappa shape index (κ1) is 18.3. The van der Waals surface area contributed by atoms with E-state index in [-0.39, 0.29) is 5.91 Å². The summed E-state index contributed by atoms with van der Waals surface area (Å²) >= 11 is 0. The van der Waals surface area contributed by atoms with Crippen molar-refractivity contribution in [2.24, 2.45) is 0 Å². The highest BCUT2D eigenvalue weighted by molar-refractivity contribution is 5.78. The zero-order chi connectivity index (χ0) is 18.4. The first-order chi connectivity index (χ1) is 12.6. The van der Waals surface area contributed by atoms with Gasteiger partial charge in [-0.1, -0.05) is 36.4 Å². The number of fused-ring (bicyclic) bond motifs is 1. The largest absolute Gasteiger partial charge is 0.492 e. The van der Waals surface area contributed by atoms with Crippen molar-refractivity contribution in [3.63, 3.8) is 0 Å². The van der Waals surface area contributed by atoms with Crippen LogP contribution < -0.4 is 14.8 Å². The third-order valence-corrected chi connectivity index (χ3v) is 4.48. The number of carbonyl (C=O) groups is 1. The van der Waals surface area contributed by atoms with Gasteiger partial charge in [0, 0.05) is 18.7 Å². The molecule has 0 bridgehead atoms. The van der Waals surface area contributed by atoms with Gasteiger partial charge in [0.1, 0.15) is 24.7 Å². The van der Waals surface area contributed by atoms with E-state index >= 15 is 0 Å². The summed E-state index contributed by atoms with van der Waals surface area (Å²) in [6, 6.07) is 14.1. The predicted molar refractivity (Wildman–Crippen MR) is 102 cm³/mol. The lowest BCUT2D eigenvalue weighted by atomic mass is 10.1. The molecule has 0 saturated heterocycles. The molecule has 3 rings (SSSR count). The highest BCUT2D eigenvalue weighted by Crippen LogP contribution is 2.23. The van der Waals surface area contributed by atoms with Crippen LogP contribution in [-0.2, 0) is 11.3 Å². The van der Waals surface area contributed by atoms with Gasteiger partial charge in [-0.15, -0.1) is 0 Å². The highest BCUT2D eigenvalue weighted by Gasteiger charge is 2.17. The average molecular weight is 354 g/mol. The van der Waals surface area contributed by atoms with E-state index in [9.17, 15) is 4.79 Å². The number of ether oxygens (including phenoxy) is 2. The molecule has 26 heavy (non-hydrogen) atoms. The topological polar surface area (TPSA) is 50.8 Å². The van der Waals surface area contributed by atoms with Crippen molar-refractivity contribution in [2.45, 2.75) is 20.4 Å². The molecule has 0 fully saturated rings. The quantitative estimate of drug-likeness (QED) is 0.811. The van der Waals surface area contributed by atoms with Crippen LogP contribution in [0.25, 0.3) is 0 Å². The van der Waals surface area contributed by atoms with Gasteiger partial charge in [0.15, 0.2) is 0 Å². The van der Waals surface area contributed by atoms with Crippen molar-refractivity contribution < 1.29 is 14.3 Å². The SMILES string of the molecule is Cc1cccc(C)c1OCCNC(=O)CN1CCOc2ccccc2C1. The number of nitrogens with zero attached hydrogens (tertiary/aromatic N) is 1. The van der Waals surface area contributed by atoms with Crippen LogP contribution >= 0.6 is 0 Å². The molecule has 1 N–H and O–H groups in total. The van der Waals surface area contributed by atoms with Crippen molar-refractivity contribution >= 4 is 5.91 Å². The van der Waals surface area contributed by atoms with E-state index in [4.69, 9.17) is 9.47 Å². The summed E-state index contributed by atoms with van der Waals surface area (Å²) in [5.41, 5.74) is 3.34. The number of para-hydroxylation sites is 2. The molecular weight excluding hydrogens is 328 g/mol. The molecule has 5 nitrogen and oxygen atoms in total. The minimum atomic E-state index is 0.00878. The molecule has 0 radical (unpaired) electrons. The van der Waals surface area contributed by atoms with Crippen LogP contribution in [0.2, 0.25) is 0 Å². The number of benzene rings is 2. The van der Waals surface area contributed by atoms with Crippen molar-refractivity contribution in [1.29, 1.82) is 0 Å². The lowest BCUT2D eigenvalue weighted by Crippen LogP contribution is -2.39. The van der Waals surface area contributed by atoms with Crippen LogP contribution in [0, 0.1) is 13.8 Å². The molecule has 0 unspecified atom stereocenters. The molecule has 138 valence electrons. The Morgan fingerprint density at radius 3 is 2.73 bits per heavy atom. The van der Waals surface area contributed by atoms with Crippen molar-refractivity contribution in [2.75, 3.05) is 32.8 Å². The summed E-state index contributed by atoms with van der Waals surface area (Å²) in [5.74, 6) is 1.83. The van der Waals surface area contributed by atoms with Crippen LogP contribution in [0.15, 0.2) is 42.5 Å². The molecule has 1 amide bonds. The van der Waals surface area contributed by atoms with Crippen LogP contribution in [-0.4, -0.2) is 43.7 Å². The Bertz CT molecular complexity index is 740. The van der Waals surface area contributed by atoms with E-state index in [1.54, 1.807) is 0 Å². The molecular formula is C21H26N2O3. The van der Waals surface area contributed by atoms with E-state index in [2.05, 4.69) is 10.2 Å². The van der Waals surface area contributed by atoms with E-state index in [1.165, 1.54) is 0 Å². The lowest BCUT2D eigenvalue weighted by molar-refractivity contribution is -0.122. The summed E-state index contributed by atoms with van der Waals surface area (Å²) in [7, 11) is 0. The summed E-state index contributed by atoms with van der Waals surface area (Å²) in [5, 5.41) is 2.94. The van der Waals surface area contributed by atoms with E-state index in [1.807, 2.05) is 56.3 Å². The Kier molecular flexibility index (Phi) is 6.12. The Hall–Kier alpha value is -2.53. The van der Waals surface area contributed by atoms with Gasteiger partial charge < -0.3 is 14.8 Å². The fourth-order valence-corrected chi connectivity index (χ4v) is 3.14. The molecule has 0 atom stereocenters. The first-order valence-electron chi connectivity index (χ1n) is 9.02. The molecule has 0 aliphatic carbocycles. The Balaban J connectivity index is 1.43. The van der Waals surface area contributed by atoms with Crippen molar-refractivity contribution in [3.05, 3.63) is 59.2 Å².